The molecule has 1 N–H and O–H groups in total. The maximum Gasteiger partial charge on any atom is 0.257 e. The summed E-state index contributed by atoms with van der Waals surface area (Å²) in [6, 6.07) is 10.9. The number of carbonyl (C=O) groups is 1. The van der Waals surface area contributed by atoms with Gasteiger partial charge in [-0.25, -0.2) is 8.78 Å². The third-order valence-corrected chi connectivity index (χ3v) is 3.62. The summed E-state index contributed by atoms with van der Waals surface area (Å²) in [6.07, 6.45) is 1.28. The molecule has 122 valence electrons. The zero-order valence-electron chi connectivity index (χ0n) is 12.8. The highest BCUT2D eigenvalue weighted by Crippen LogP contribution is 2.24. The van der Waals surface area contributed by atoms with Crippen LogP contribution in [0, 0.1) is 18.6 Å². The molecule has 6 heteroatoms. The lowest BCUT2D eigenvalue weighted by Gasteiger charge is -2.07. The van der Waals surface area contributed by atoms with Crippen molar-refractivity contribution in [1.29, 1.82) is 0 Å². The van der Waals surface area contributed by atoms with Gasteiger partial charge in [0.2, 0.25) is 0 Å². The lowest BCUT2D eigenvalue weighted by molar-refractivity contribution is 0.0950. The van der Waals surface area contributed by atoms with Crippen molar-refractivity contribution in [3.8, 4) is 11.3 Å². The molecule has 0 radical (unpaired) electrons. The molecule has 3 aromatic rings. The van der Waals surface area contributed by atoms with Crippen LogP contribution in [-0.4, -0.2) is 11.1 Å². The third-order valence-electron chi connectivity index (χ3n) is 3.62. The van der Waals surface area contributed by atoms with E-state index >= 15 is 0 Å². The SMILES string of the molecule is Cc1ccc(-c2oncc2C(=O)NCc2c(F)cccc2F)cc1. The zero-order chi connectivity index (χ0) is 17.1. The number of benzene rings is 2. The molecule has 24 heavy (non-hydrogen) atoms. The second-order valence-electron chi connectivity index (χ2n) is 5.32. The van der Waals surface area contributed by atoms with Gasteiger partial charge in [0.05, 0.1) is 6.20 Å². The molecular weight excluding hydrogens is 314 g/mol. The van der Waals surface area contributed by atoms with Crippen LogP contribution >= 0.6 is 0 Å². The van der Waals surface area contributed by atoms with Crippen molar-refractivity contribution in [1.82, 2.24) is 10.5 Å². The summed E-state index contributed by atoms with van der Waals surface area (Å²) in [5.41, 5.74) is 1.77. The molecule has 0 aliphatic heterocycles. The van der Waals surface area contributed by atoms with Crippen LogP contribution in [0.3, 0.4) is 0 Å². The number of hydrogen-bond donors (Lipinski definition) is 1. The van der Waals surface area contributed by atoms with E-state index in [0.717, 1.165) is 17.7 Å². The van der Waals surface area contributed by atoms with Gasteiger partial charge in [-0.05, 0) is 19.1 Å². The van der Waals surface area contributed by atoms with Crippen LogP contribution < -0.4 is 5.32 Å². The first-order valence-electron chi connectivity index (χ1n) is 7.29. The number of hydrogen-bond acceptors (Lipinski definition) is 3. The first-order chi connectivity index (χ1) is 11.6. The van der Waals surface area contributed by atoms with Crippen LogP contribution in [0.25, 0.3) is 11.3 Å². The van der Waals surface area contributed by atoms with Gasteiger partial charge in [0.25, 0.3) is 5.91 Å². The van der Waals surface area contributed by atoms with Crippen LogP contribution in [0.1, 0.15) is 21.5 Å². The highest BCUT2D eigenvalue weighted by molar-refractivity contribution is 5.99. The summed E-state index contributed by atoms with van der Waals surface area (Å²) in [5, 5.41) is 6.13. The van der Waals surface area contributed by atoms with Crippen LogP contribution in [0.4, 0.5) is 8.78 Å². The fourth-order valence-corrected chi connectivity index (χ4v) is 2.28. The molecule has 1 heterocycles. The number of aromatic nitrogens is 1. The molecule has 4 nitrogen and oxygen atoms in total. The lowest BCUT2D eigenvalue weighted by atomic mass is 10.1. The van der Waals surface area contributed by atoms with E-state index in [2.05, 4.69) is 10.5 Å². The number of amides is 1. The topological polar surface area (TPSA) is 55.1 Å². The van der Waals surface area contributed by atoms with E-state index in [1.807, 2.05) is 31.2 Å². The molecule has 0 bridgehead atoms. The molecule has 0 spiro atoms. The van der Waals surface area contributed by atoms with E-state index in [0.29, 0.717) is 11.3 Å². The van der Waals surface area contributed by atoms with Crippen LogP contribution in [0.15, 0.2) is 53.2 Å². The first kappa shape index (κ1) is 15.9. The van der Waals surface area contributed by atoms with Gasteiger partial charge in [-0.3, -0.25) is 4.79 Å². The minimum absolute atomic E-state index is 0.195. The third kappa shape index (κ3) is 3.17. The number of carbonyl (C=O) groups excluding carboxylic acids is 1. The Balaban J connectivity index is 1.79. The second kappa shape index (κ2) is 6.62. The highest BCUT2D eigenvalue weighted by atomic mass is 19.1. The molecule has 1 aromatic heterocycles. The molecule has 0 aliphatic rings. The van der Waals surface area contributed by atoms with Crippen molar-refractivity contribution in [3.05, 3.63) is 77.0 Å². The van der Waals surface area contributed by atoms with Gasteiger partial charge in [-0.2, -0.15) is 0 Å². The Hall–Kier alpha value is -3.02. The van der Waals surface area contributed by atoms with E-state index in [9.17, 15) is 13.6 Å². The molecule has 0 atom stereocenters. The van der Waals surface area contributed by atoms with Gasteiger partial charge in [-0.15, -0.1) is 0 Å². The number of nitrogens with one attached hydrogen (secondary N) is 1. The number of rotatable bonds is 4. The van der Waals surface area contributed by atoms with Gasteiger partial charge in [0, 0.05) is 17.7 Å². The Morgan fingerprint density at radius 2 is 1.79 bits per heavy atom. The van der Waals surface area contributed by atoms with Gasteiger partial charge < -0.3 is 9.84 Å². The fraction of sp³-hybridized carbons (Fsp3) is 0.111. The Bertz CT molecular complexity index is 853. The predicted molar refractivity (Wildman–Crippen MR) is 84.2 cm³/mol. The molecule has 0 fully saturated rings. The fourth-order valence-electron chi connectivity index (χ4n) is 2.28. The van der Waals surface area contributed by atoms with Crippen molar-refractivity contribution < 1.29 is 18.1 Å². The van der Waals surface area contributed by atoms with Gasteiger partial charge in [0.1, 0.15) is 17.2 Å². The Kier molecular flexibility index (Phi) is 4.37. The molecule has 0 saturated carbocycles. The van der Waals surface area contributed by atoms with Gasteiger partial charge >= 0.3 is 0 Å². The second-order valence-corrected chi connectivity index (χ2v) is 5.32. The molecule has 1 amide bonds. The van der Waals surface area contributed by atoms with Crippen molar-refractivity contribution in [2.75, 3.05) is 0 Å². The molecular formula is C18H14F2N2O2. The maximum absolute atomic E-state index is 13.6. The van der Waals surface area contributed by atoms with E-state index in [1.54, 1.807) is 0 Å². The summed E-state index contributed by atoms with van der Waals surface area (Å²) in [7, 11) is 0. The van der Waals surface area contributed by atoms with Crippen molar-refractivity contribution in [2.45, 2.75) is 13.5 Å². The predicted octanol–water partition coefficient (Wildman–Crippen LogP) is 3.86. The van der Waals surface area contributed by atoms with Crippen molar-refractivity contribution in [3.63, 3.8) is 0 Å². The lowest BCUT2D eigenvalue weighted by Crippen LogP contribution is -2.24. The van der Waals surface area contributed by atoms with Crippen LogP contribution in [0.2, 0.25) is 0 Å². The van der Waals surface area contributed by atoms with Gasteiger partial charge in [0.15, 0.2) is 5.76 Å². The number of nitrogens with zero attached hydrogens (tertiary/aromatic N) is 1. The molecule has 0 aliphatic carbocycles. The Morgan fingerprint density at radius 1 is 1.12 bits per heavy atom. The van der Waals surface area contributed by atoms with Crippen LogP contribution in [-0.2, 0) is 6.54 Å². The smallest absolute Gasteiger partial charge is 0.257 e. The first-order valence-corrected chi connectivity index (χ1v) is 7.29. The zero-order valence-corrected chi connectivity index (χ0v) is 12.8. The van der Waals surface area contributed by atoms with Crippen molar-refractivity contribution in [2.24, 2.45) is 0 Å². The van der Waals surface area contributed by atoms with E-state index < -0.39 is 17.5 Å². The minimum atomic E-state index is -0.709. The average Bonchev–Trinajstić information content (AvgIpc) is 3.04. The minimum Gasteiger partial charge on any atom is -0.355 e. The summed E-state index contributed by atoms with van der Waals surface area (Å²) >= 11 is 0. The van der Waals surface area contributed by atoms with Crippen LogP contribution in [0.5, 0.6) is 0 Å². The quantitative estimate of drug-likeness (QED) is 0.791. The highest BCUT2D eigenvalue weighted by Gasteiger charge is 2.18. The van der Waals surface area contributed by atoms with Crippen molar-refractivity contribution >= 4 is 5.91 Å². The summed E-state index contributed by atoms with van der Waals surface area (Å²) in [4.78, 5) is 12.3. The summed E-state index contributed by atoms with van der Waals surface area (Å²) in [6.45, 7) is 1.68. The molecule has 2 aromatic carbocycles. The normalized spacial score (nSPS) is 10.6. The Morgan fingerprint density at radius 3 is 2.46 bits per heavy atom. The molecule has 0 saturated heterocycles. The van der Waals surface area contributed by atoms with Gasteiger partial charge in [-0.1, -0.05) is 41.1 Å². The standard InChI is InChI=1S/C18H14F2N2O2/c1-11-5-7-12(8-6-11)17-14(10-22-24-17)18(23)21-9-13-15(19)3-2-4-16(13)20/h2-8,10H,9H2,1H3,(H,21,23). The Labute approximate surface area is 137 Å². The number of aryl methyl sites for hydroxylation is 1. The largest absolute Gasteiger partial charge is 0.355 e. The maximum atomic E-state index is 13.6. The monoisotopic (exact) mass is 328 g/mol. The number of halogens is 2. The average molecular weight is 328 g/mol. The molecule has 3 rings (SSSR count). The molecule has 0 unspecified atom stereocenters. The summed E-state index contributed by atoms with van der Waals surface area (Å²) < 4.78 is 32.4. The van der Waals surface area contributed by atoms with E-state index in [4.69, 9.17) is 4.52 Å². The van der Waals surface area contributed by atoms with E-state index in [1.165, 1.54) is 12.3 Å². The van der Waals surface area contributed by atoms with E-state index in [-0.39, 0.29) is 17.7 Å². The summed E-state index contributed by atoms with van der Waals surface area (Å²) in [5.74, 6) is -1.63.